The second-order valence-corrected chi connectivity index (χ2v) is 5.44. The topological polar surface area (TPSA) is 40.5 Å². The third-order valence-electron chi connectivity index (χ3n) is 3.60. The Bertz CT molecular complexity index is 426. The van der Waals surface area contributed by atoms with E-state index in [1.54, 1.807) is 6.07 Å². The van der Waals surface area contributed by atoms with Gasteiger partial charge in [-0.05, 0) is 43.9 Å². The number of nitrogens with zero attached hydrogens (tertiary/aromatic N) is 1. The lowest BCUT2D eigenvalue weighted by atomic mass is 9.92. The van der Waals surface area contributed by atoms with Gasteiger partial charge >= 0.3 is 0 Å². The molecule has 1 aromatic rings. The number of aliphatic hydroxyl groups excluding tert-OH is 1. The quantitative estimate of drug-likeness (QED) is 0.805. The Morgan fingerprint density at radius 3 is 2.67 bits per heavy atom. The molecule has 1 aliphatic rings. The minimum absolute atomic E-state index is 0.0648. The molecule has 0 aromatic heterocycles. The molecular formula is C14H19NO2S. The number of benzene rings is 1. The number of aliphatic hydroxyl groups is 1. The molecule has 3 nitrogen and oxygen atoms in total. The molecule has 0 radical (unpaired) electrons. The van der Waals surface area contributed by atoms with E-state index in [2.05, 4.69) is 12.6 Å². The highest BCUT2D eigenvalue weighted by Crippen LogP contribution is 2.22. The van der Waals surface area contributed by atoms with Gasteiger partial charge in [-0.2, -0.15) is 0 Å². The van der Waals surface area contributed by atoms with Crippen LogP contribution in [0, 0.1) is 5.92 Å². The van der Waals surface area contributed by atoms with Crippen LogP contribution in [0.4, 0.5) is 0 Å². The van der Waals surface area contributed by atoms with Gasteiger partial charge in [-0.1, -0.05) is 6.07 Å². The molecule has 0 aliphatic carbocycles. The van der Waals surface area contributed by atoms with Crippen LogP contribution in [0.2, 0.25) is 0 Å². The van der Waals surface area contributed by atoms with Gasteiger partial charge in [0.25, 0.3) is 5.91 Å². The summed E-state index contributed by atoms with van der Waals surface area (Å²) in [7, 11) is 0. The Labute approximate surface area is 113 Å². The van der Waals surface area contributed by atoms with Crippen LogP contribution >= 0.6 is 12.6 Å². The second kappa shape index (κ2) is 5.76. The van der Waals surface area contributed by atoms with Crippen molar-refractivity contribution in [2.45, 2.75) is 30.8 Å². The number of hydrogen-bond acceptors (Lipinski definition) is 3. The number of amides is 1. The van der Waals surface area contributed by atoms with Crippen molar-refractivity contribution in [1.29, 1.82) is 0 Å². The molecule has 1 saturated heterocycles. The summed E-state index contributed by atoms with van der Waals surface area (Å²) in [6, 6.07) is 7.33. The first kappa shape index (κ1) is 13.4. The highest BCUT2D eigenvalue weighted by Gasteiger charge is 2.25. The average molecular weight is 265 g/mol. The summed E-state index contributed by atoms with van der Waals surface area (Å²) in [6.45, 7) is 3.28. The average Bonchev–Trinajstić information content (AvgIpc) is 2.38. The van der Waals surface area contributed by atoms with Crippen LogP contribution in [0.15, 0.2) is 29.2 Å². The SMILES string of the molecule is CC(O)C1CCN(C(=O)c2cccc(S)c2)CC1. The Kier molecular flexibility index (Phi) is 4.30. The molecule has 1 amide bonds. The highest BCUT2D eigenvalue weighted by atomic mass is 32.1. The first-order valence-electron chi connectivity index (χ1n) is 6.34. The highest BCUT2D eigenvalue weighted by molar-refractivity contribution is 7.80. The first-order valence-corrected chi connectivity index (χ1v) is 6.79. The van der Waals surface area contributed by atoms with E-state index in [1.165, 1.54) is 0 Å². The fourth-order valence-corrected chi connectivity index (χ4v) is 2.63. The van der Waals surface area contributed by atoms with Crippen molar-refractivity contribution in [3.8, 4) is 0 Å². The van der Waals surface area contributed by atoms with Gasteiger partial charge in [0.15, 0.2) is 0 Å². The molecule has 1 N–H and O–H groups in total. The van der Waals surface area contributed by atoms with Gasteiger partial charge in [0.05, 0.1) is 6.10 Å². The number of carbonyl (C=O) groups is 1. The summed E-state index contributed by atoms with van der Waals surface area (Å²) < 4.78 is 0. The van der Waals surface area contributed by atoms with Crippen molar-refractivity contribution < 1.29 is 9.90 Å². The molecule has 1 aromatic carbocycles. The summed E-state index contributed by atoms with van der Waals surface area (Å²) in [5.74, 6) is 0.389. The van der Waals surface area contributed by atoms with Gasteiger partial charge in [0.1, 0.15) is 0 Å². The molecule has 0 saturated carbocycles. The maximum Gasteiger partial charge on any atom is 0.253 e. The van der Waals surface area contributed by atoms with E-state index in [4.69, 9.17) is 0 Å². The molecule has 1 heterocycles. The second-order valence-electron chi connectivity index (χ2n) is 4.92. The van der Waals surface area contributed by atoms with Crippen molar-refractivity contribution in [2.24, 2.45) is 5.92 Å². The third-order valence-corrected chi connectivity index (χ3v) is 3.88. The summed E-state index contributed by atoms with van der Waals surface area (Å²) in [5.41, 5.74) is 0.693. The minimum atomic E-state index is -0.275. The van der Waals surface area contributed by atoms with E-state index in [0.717, 1.165) is 30.8 Å². The number of rotatable bonds is 2. The zero-order chi connectivity index (χ0) is 13.1. The summed E-state index contributed by atoms with van der Waals surface area (Å²) >= 11 is 4.25. The monoisotopic (exact) mass is 265 g/mol. The Morgan fingerprint density at radius 1 is 1.44 bits per heavy atom. The van der Waals surface area contributed by atoms with Gasteiger partial charge in [0.2, 0.25) is 0 Å². The van der Waals surface area contributed by atoms with Crippen LogP contribution in [-0.4, -0.2) is 35.1 Å². The van der Waals surface area contributed by atoms with E-state index in [9.17, 15) is 9.90 Å². The van der Waals surface area contributed by atoms with Crippen molar-refractivity contribution >= 4 is 18.5 Å². The van der Waals surface area contributed by atoms with Gasteiger partial charge in [-0.15, -0.1) is 12.6 Å². The molecule has 18 heavy (non-hydrogen) atoms. The van der Waals surface area contributed by atoms with Gasteiger partial charge < -0.3 is 10.0 Å². The number of likely N-dealkylation sites (tertiary alicyclic amines) is 1. The van der Waals surface area contributed by atoms with Crippen molar-refractivity contribution in [3.63, 3.8) is 0 Å². The molecule has 1 fully saturated rings. The van der Waals surface area contributed by atoms with Crippen molar-refractivity contribution in [1.82, 2.24) is 4.90 Å². The van der Waals surface area contributed by atoms with Crippen LogP contribution < -0.4 is 0 Å². The first-order chi connectivity index (χ1) is 8.58. The van der Waals surface area contributed by atoms with E-state index in [1.807, 2.05) is 30.0 Å². The van der Waals surface area contributed by atoms with E-state index < -0.39 is 0 Å². The standard InChI is InChI=1S/C14H19NO2S/c1-10(16)11-5-7-15(8-6-11)14(17)12-3-2-4-13(18)9-12/h2-4,9-11,16,18H,5-8H2,1H3. The molecular weight excluding hydrogens is 246 g/mol. The number of carbonyl (C=O) groups excluding carboxylic acids is 1. The van der Waals surface area contributed by atoms with Crippen molar-refractivity contribution in [3.05, 3.63) is 29.8 Å². The number of thiol groups is 1. The lowest BCUT2D eigenvalue weighted by Gasteiger charge is -2.33. The predicted octanol–water partition coefficient (Wildman–Crippen LogP) is 2.21. The summed E-state index contributed by atoms with van der Waals surface area (Å²) in [5, 5.41) is 9.54. The van der Waals surface area contributed by atoms with Gasteiger partial charge in [0, 0.05) is 23.5 Å². The van der Waals surface area contributed by atoms with Crippen LogP contribution in [0.25, 0.3) is 0 Å². The lowest BCUT2D eigenvalue weighted by molar-refractivity contribution is 0.0521. The fourth-order valence-electron chi connectivity index (χ4n) is 2.41. The zero-order valence-corrected chi connectivity index (χ0v) is 11.4. The molecule has 0 spiro atoms. The smallest absolute Gasteiger partial charge is 0.253 e. The van der Waals surface area contributed by atoms with E-state index >= 15 is 0 Å². The van der Waals surface area contributed by atoms with E-state index in [0.29, 0.717) is 11.5 Å². The van der Waals surface area contributed by atoms with Crippen LogP contribution in [0.5, 0.6) is 0 Å². The lowest BCUT2D eigenvalue weighted by Crippen LogP contribution is -2.40. The maximum absolute atomic E-state index is 12.3. The Hall–Kier alpha value is -1.00. The molecule has 1 atom stereocenters. The summed E-state index contributed by atoms with van der Waals surface area (Å²) in [6.07, 6.45) is 1.48. The molecule has 0 bridgehead atoms. The molecule has 4 heteroatoms. The fraction of sp³-hybridized carbons (Fsp3) is 0.500. The predicted molar refractivity (Wildman–Crippen MR) is 74.0 cm³/mol. The maximum atomic E-state index is 12.3. The van der Waals surface area contributed by atoms with E-state index in [-0.39, 0.29) is 12.0 Å². The molecule has 1 aliphatic heterocycles. The molecule has 98 valence electrons. The molecule has 1 unspecified atom stereocenters. The van der Waals surface area contributed by atoms with Gasteiger partial charge in [-0.3, -0.25) is 4.79 Å². The zero-order valence-electron chi connectivity index (χ0n) is 10.5. The van der Waals surface area contributed by atoms with Gasteiger partial charge in [-0.25, -0.2) is 0 Å². The Balaban J connectivity index is 1.99. The number of hydrogen-bond donors (Lipinski definition) is 2. The van der Waals surface area contributed by atoms with Crippen LogP contribution in [-0.2, 0) is 0 Å². The van der Waals surface area contributed by atoms with Crippen LogP contribution in [0.1, 0.15) is 30.1 Å². The molecule has 2 rings (SSSR count). The third kappa shape index (κ3) is 3.06. The largest absolute Gasteiger partial charge is 0.393 e. The number of piperidine rings is 1. The minimum Gasteiger partial charge on any atom is -0.393 e. The van der Waals surface area contributed by atoms with Crippen molar-refractivity contribution in [2.75, 3.05) is 13.1 Å². The normalized spacial score (nSPS) is 18.7. The summed E-state index contributed by atoms with van der Waals surface area (Å²) in [4.78, 5) is 14.9. The van der Waals surface area contributed by atoms with Crippen LogP contribution in [0.3, 0.4) is 0 Å². The Morgan fingerprint density at radius 2 is 2.11 bits per heavy atom.